The van der Waals surface area contributed by atoms with E-state index in [0.717, 1.165) is 4.88 Å². The second-order valence-corrected chi connectivity index (χ2v) is 7.71. The van der Waals surface area contributed by atoms with Crippen LogP contribution in [0.4, 0.5) is 5.69 Å². The van der Waals surface area contributed by atoms with Crippen molar-refractivity contribution in [3.8, 4) is 5.75 Å². The van der Waals surface area contributed by atoms with Crippen molar-refractivity contribution in [3.63, 3.8) is 0 Å². The zero-order valence-electron chi connectivity index (χ0n) is 13.2. The number of anilines is 1. The summed E-state index contributed by atoms with van der Waals surface area (Å²) in [5.41, 5.74) is 0.630. The summed E-state index contributed by atoms with van der Waals surface area (Å²) < 4.78 is 5.46. The first-order valence-corrected chi connectivity index (χ1v) is 9.40. The van der Waals surface area contributed by atoms with Crippen molar-refractivity contribution in [2.45, 2.75) is 0 Å². The molecule has 1 aliphatic heterocycles. The average molecular weight is 391 g/mol. The molecule has 25 heavy (non-hydrogen) atoms. The number of hydrogen-bond acceptors (Lipinski definition) is 6. The van der Waals surface area contributed by atoms with Gasteiger partial charge in [0.15, 0.2) is 0 Å². The first-order chi connectivity index (χ1) is 12.1. The number of nitrogens with one attached hydrogen (secondary N) is 1. The molecular formula is C17H14N2O3S3. The van der Waals surface area contributed by atoms with Gasteiger partial charge in [0.2, 0.25) is 5.91 Å². The number of benzene rings is 1. The lowest BCUT2D eigenvalue weighted by molar-refractivity contribution is -0.126. The lowest BCUT2D eigenvalue weighted by atomic mass is 10.3. The average Bonchev–Trinajstić information content (AvgIpc) is 3.20. The van der Waals surface area contributed by atoms with Gasteiger partial charge < -0.3 is 10.1 Å². The minimum atomic E-state index is -0.307. The Morgan fingerprint density at radius 2 is 2.08 bits per heavy atom. The monoisotopic (exact) mass is 390 g/mol. The van der Waals surface area contributed by atoms with Crippen molar-refractivity contribution in [2.24, 2.45) is 0 Å². The van der Waals surface area contributed by atoms with E-state index in [4.69, 9.17) is 17.0 Å². The number of carbonyl (C=O) groups excluding carboxylic acids is 2. The molecule has 8 heteroatoms. The number of thioether (sulfide) groups is 1. The van der Waals surface area contributed by atoms with Crippen LogP contribution in [-0.2, 0) is 9.59 Å². The molecule has 1 N–H and O–H groups in total. The Hall–Kier alpha value is -2.16. The maximum absolute atomic E-state index is 12.5. The smallest absolute Gasteiger partial charge is 0.266 e. The standard InChI is InChI=1S/C17H14N2O3S3/c1-22-12-6-4-11(5-7-12)18-15(20)10-19-16(21)14(25-17(19)23)9-13-3-2-8-24-13/h2-9H,10H2,1H3,(H,18,20)/b14-9-. The lowest BCUT2D eigenvalue weighted by Gasteiger charge is -2.14. The summed E-state index contributed by atoms with van der Waals surface area (Å²) >= 11 is 7.99. The predicted molar refractivity (Wildman–Crippen MR) is 106 cm³/mol. The SMILES string of the molecule is COc1ccc(NC(=O)CN2C(=O)/C(=C/c3cccs3)SC2=S)cc1. The molecule has 128 valence electrons. The molecule has 2 heterocycles. The Labute approximate surface area is 158 Å². The molecule has 1 aromatic carbocycles. The third kappa shape index (κ3) is 4.28. The number of rotatable bonds is 5. The van der Waals surface area contributed by atoms with Gasteiger partial charge in [-0.2, -0.15) is 0 Å². The molecule has 0 radical (unpaired) electrons. The Bertz CT molecular complexity index is 829. The van der Waals surface area contributed by atoms with Crippen LogP contribution in [0.15, 0.2) is 46.7 Å². The van der Waals surface area contributed by atoms with Crippen LogP contribution >= 0.6 is 35.3 Å². The molecule has 0 unspecified atom stereocenters. The third-order valence-electron chi connectivity index (χ3n) is 3.37. The van der Waals surface area contributed by atoms with Gasteiger partial charge in [-0.25, -0.2) is 0 Å². The van der Waals surface area contributed by atoms with Gasteiger partial charge in [0.25, 0.3) is 5.91 Å². The first-order valence-electron chi connectivity index (χ1n) is 7.29. The fraction of sp³-hybridized carbons (Fsp3) is 0.118. The van der Waals surface area contributed by atoms with E-state index in [0.29, 0.717) is 20.7 Å². The molecule has 3 rings (SSSR count). The van der Waals surface area contributed by atoms with Crippen LogP contribution in [0.3, 0.4) is 0 Å². The van der Waals surface area contributed by atoms with Gasteiger partial charge in [0.05, 0.1) is 12.0 Å². The highest BCUT2D eigenvalue weighted by atomic mass is 32.2. The van der Waals surface area contributed by atoms with E-state index in [-0.39, 0.29) is 18.4 Å². The predicted octanol–water partition coefficient (Wildman–Crippen LogP) is 3.60. The van der Waals surface area contributed by atoms with Crippen molar-refractivity contribution in [1.29, 1.82) is 0 Å². The molecule has 0 bridgehead atoms. The Kier molecular flexibility index (Phi) is 5.52. The molecule has 5 nitrogen and oxygen atoms in total. The molecule has 1 fully saturated rings. The quantitative estimate of drug-likeness (QED) is 0.624. The van der Waals surface area contributed by atoms with Crippen LogP contribution in [0.5, 0.6) is 5.75 Å². The Morgan fingerprint density at radius 3 is 2.72 bits per heavy atom. The van der Waals surface area contributed by atoms with Crippen molar-refractivity contribution in [2.75, 3.05) is 19.0 Å². The van der Waals surface area contributed by atoms with E-state index < -0.39 is 0 Å². The molecule has 0 aliphatic carbocycles. The molecule has 1 saturated heterocycles. The number of carbonyl (C=O) groups is 2. The van der Waals surface area contributed by atoms with Gasteiger partial charge in [-0.15, -0.1) is 11.3 Å². The van der Waals surface area contributed by atoms with E-state index in [1.54, 1.807) is 37.5 Å². The van der Waals surface area contributed by atoms with Gasteiger partial charge in [0, 0.05) is 10.6 Å². The molecular weight excluding hydrogens is 376 g/mol. The van der Waals surface area contributed by atoms with Gasteiger partial charge in [-0.1, -0.05) is 30.0 Å². The van der Waals surface area contributed by atoms with Crippen molar-refractivity contribution >= 4 is 63.2 Å². The molecule has 0 saturated carbocycles. The number of thiocarbonyl (C=S) groups is 1. The van der Waals surface area contributed by atoms with E-state index >= 15 is 0 Å². The van der Waals surface area contributed by atoms with Crippen LogP contribution < -0.4 is 10.1 Å². The highest BCUT2D eigenvalue weighted by molar-refractivity contribution is 8.26. The summed E-state index contributed by atoms with van der Waals surface area (Å²) in [6.45, 7) is -0.113. The van der Waals surface area contributed by atoms with Crippen molar-refractivity contribution < 1.29 is 14.3 Å². The highest BCUT2D eigenvalue weighted by Crippen LogP contribution is 2.33. The zero-order chi connectivity index (χ0) is 17.8. The summed E-state index contributed by atoms with van der Waals surface area (Å²) in [6.07, 6.45) is 1.80. The topological polar surface area (TPSA) is 58.6 Å². The van der Waals surface area contributed by atoms with Crippen molar-refractivity contribution in [3.05, 3.63) is 51.6 Å². The third-order valence-corrected chi connectivity index (χ3v) is 5.56. The van der Waals surface area contributed by atoms with Gasteiger partial charge in [-0.05, 0) is 41.8 Å². The maximum atomic E-state index is 12.5. The summed E-state index contributed by atoms with van der Waals surface area (Å²) in [7, 11) is 1.58. The molecule has 2 amide bonds. The van der Waals surface area contributed by atoms with Crippen LogP contribution in [0.2, 0.25) is 0 Å². The molecule has 0 atom stereocenters. The van der Waals surface area contributed by atoms with Crippen LogP contribution in [0.25, 0.3) is 6.08 Å². The van der Waals surface area contributed by atoms with Crippen molar-refractivity contribution in [1.82, 2.24) is 4.90 Å². The van der Waals surface area contributed by atoms with Crippen LogP contribution in [-0.4, -0.2) is 34.7 Å². The minimum Gasteiger partial charge on any atom is -0.497 e. The number of ether oxygens (including phenoxy) is 1. The second-order valence-electron chi connectivity index (χ2n) is 5.06. The Morgan fingerprint density at radius 1 is 1.32 bits per heavy atom. The maximum Gasteiger partial charge on any atom is 0.266 e. The number of methoxy groups -OCH3 is 1. The molecule has 2 aromatic rings. The number of amides is 2. The van der Waals surface area contributed by atoms with Crippen LogP contribution in [0, 0.1) is 0 Å². The first kappa shape index (κ1) is 17.7. The second kappa shape index (κ2) is 7.81. The van der Waals surface area contributed by atoms with Gasteiger partial charge >= 0.3 is 0 Å². The number of nitrogens with zero attached hydrogens (tertiary/aromatic N) is 1. The fourth-order valence-corrected chi connectivity index (χ4v) is 4.14. The van der Waals surface area contributed by atoms with Crippen LogP contribution in [0.1, 0.15) is 4.88 Å². The lowest BCUT2D eigenvalue weighted by Crippen LogP contribution is -2.36. The van der Waals surface area contributed by atoms with E-state index in [2.05, 4.69) is 5.32 Å². The molecule has 1 aromatic heterocycles. The van der Waals surface area contributed by atoms with E-state index in [9.17, 15) is 9.59 Å². The van der Waals surface area contributed by atoms with Gasteiger partial charge in [0.1, 0.15) is 16.6 Å². The summed E-state index contributed by atoms with van der Waals surface area (Å²) in [6, 6.07) is 10.8. The molecule has 1 aliphatic rings. The summed E-state index contributed by atoms with van der Waals surface area (Å²) in [5.74, 6) is 0.153. The normalized spacial score (nSPS) is 15.7. The summed E-state index contributed by atoms with van der Waals surface area (Å²) in [4.78, 5) is 27.5. The number of thiophene rings is 1. The largest absolute Gasteiger partial charge is 0.497 e. The molecule has 0 spiro atoms. The summed E-state index contributed by atoms with van der Waals surface area (Å²) in [5, 5.41) is 4.69. The van der Waals surface area contributed by atoms with E-state index in [1.807, 2.05) is 17.5 Å². The van der Waals surface area contributed by atoms with Gasteiger partial charge in [-0.3, -0.25) is 14.5 Å². The highest BCUT2D eigenvalue weighted by Gasteiger charge is 2.33. The fourth-order valence-electron chi connectivity index (χ4n) is 2.16. The number of hydrogen-bond donors (Lipinski definition) is 1. The zero-order valence-corrected chi connectivity index (χ0v) is 15.7. The van der Waals surface area contributed by atoms with E-state index in [1.165, 1.54) is 28.0 Å². The minimum absolute atomic E-state index is 0.113. The Balaban J connectivity index is 1.64.